The Balaban J connectivity index is 2.39. The van der Waals surface area contributed by atoms with Crippen LogP contribution in [0.4, 0.5) is 10.5 Å². The smallest absolute Gasteiger partial charge is 0.431 e. The molecule has 1 aromatic carbocycles. The summed E-state index contributed by atoms with van der Waals surface area (Å²) in [6.45, 7) is 0. The summed E-state index contributed by atoms with van der Waals surface area (Å²) in [5, 5.41) is 3.14. The van der Waals surface area contributed by atoms with Crippen LogP contribution in [-0.4, -0.2) is 19.0 Å². The zero-order valence-corrected chi connectivity index (χ0v) is 15.9. The number of benzene rings is 1. The van der Waals surface area contributed by atoms with E-state index in [4.69, 9.17) is 9.25 Å². The van der Waals surface area contributed by atoms with Gasteiger partial charge in [-0.05, 0) is 56.1 Å². The highest BCUT2D eigenvalue weighted by Crippen LogP contribution is 2.31. The summed E-state index contributed by atoms with van der Waals surface area (Å²) in [6.07, 6.45) is 0.578. The van der Waals surface area contributed by atoms with Crippen molar-refractivity contribution in [3.8, 4) is 0 Å². The minimum Gasteiger partial charge on any atom is -0.457 e. The van der Waals surface area contributed by atoms with Crippen LogP contribution in [0.15, 0.2) is 48.4 Å². The Hall–Kier alpha value is -1.32. The molecule has 1 aromatic heterocycles. The minimum atomic E-state index is -0.780. The zero-order chi connectivity index (χ0) is 16.3. The van der Waals surface area contributed by atoms with Gasteiger partial charge in [0, 0.05) is 11.5 Å². The number of nitrogens with zero attached hydrogens (tertiary/aromatic N) is 1. The molecule has 2 aromatic rings. The molecule has 0 spiro atoms. The lowest BCUT2D eigenvalue weighted by molar-refractivity contribution is 0.0752. The largest absolute Gasteiger partial charge is 0.457 e. The van der Waals surface area contributed by atoms with Crippen molar-refractivity contribution in [1.29, 1.82) is 0 Å². The summed E-state index contributed by atoms with van der Waals surface area (Å²) in [4.78, 5) is 29.1. The molecule has 0 atom stereocenters. The van der Waals surface area contributed by atoms with Crippen LogP contribution in [0.1, 0.15) is 10.6 Å². The molecule has 0 radical (unpaired) electrons. The lowest BCUT2D eigenvalue weighted by atomic mass is 10.3. The van der Waals surface area contributed by atoms with Crippen molar-refractivity contribution in [3.63, 3.8) is 0 Å². The molecular formula is C13H9Br3N2O4. The molecule has 1 N–H and O–H groups in total. The SMILES string of the molecule is CNC(=O)ON(C(=O)c1occ(Br)c1Br)c1ccc(Br)cc1. The zero-order valence-electron chi connectivity index (χ0n) is 11.1. The van der Waals surface area contributed by atoms with E-state index < -0.39 is 12.0 Å². The van der Waals surface area contributed by atoms with Gasteiger partial charge in [0.15, 0.2) is 0 Å². The molecule has 9 heteroatoms. The second-order valence-electron chi connectivity index (χ2n) is 3.93. The summed E-state index contributed by atoms with van der Waals surface area (Å²) >= 11 is 9.76. The molecule has 0 aliphatic heterocycles. The molecule has 0 saturated carbocycles. The summed E-state index contributed by atoms with van der Waals surface area (Å²) in [7, 11) is 1.39. The molecule has 0 aliphatic rings. The van der Waals surface area contributed by atoms with E-state index in [-0.39, 0.29) is 5.76 Å². The third-order valence-electron chi connectivity index (χ3n) is 2.51. The van der Waals surface area contributed by atoms with E-state index in [1.165, 1.54) is 13.3 Å². The maximum Gasteiger partial charge on any atom is 0.431 e. The molecule has 0 aliphatic carbocycles. The van der Waals surface area contributed by atoms with Gasteiger partial charge in [0.1, 0.15) is 6.26 Å². The molecule has 0 unspecified atom stereocenters. The fourth-order valence-electron chi connectivity index (χ4n) is 1.48. The average Bonchev–Trinajstić information content (AvgIpc) is 2.85. The van der Waals surface area contributed by atoms with Gasteiger partial charge in [-0.3, -0.25) is 4.79 Å². The van der Waals surface area contributed by atoms with Crippen molar-refractivity contribution in [2.75, 3.05) is 12.1 Å². The van der Waals surface area contributed by atoms with E-state index in [2.05, 4.69) is 53.1 Å². The fraction of sp³-hybridized carbons (Fsp3) is 0.0769. The van der Waals surface area contributed by atoms with E-state index in [0.717, 1.165) is 9.54 Å². The van der Waals surface area contributed by atoms with Crippen LogP contribution in [0.5, 0.6) is 0 Å². The van der Waals surface area contributed by atoms with E-state index in [0.29, 0.717) is 14.6 Å². The number of hydroxylamine groups is 1. The van der Waals surface area contributed by atoms with Gasteiger partial charge in [-0.15, -0.1) is 5.06 Å². The van der Waals surface area contributed by atoms with E-state index >= 15 is 0 Å². The van der Waals surface area contributed by atoms with Gasteiger partial charge in [-0.25, -0.2) is 4.79 Å². The maximum absolute atomic E-state index is 12.6. The van der Waals surface area contributed by atoms with Crippen molar-refractivity contribution in [3.05, 3.63) is 49.7 Å². The first-order chi connectivity index (χ1) is 10.4. The van der Waals surface area contributed by atoms with Crippen LogP contribution in [0.2, 0.25) is 0 Å². The second kappa shape index (κ2) is 7.30. The number of rotatable bonds is 2. The van der Waals surface area contributed by atoms with Gasteiger partial charge in [-0.2, -0.15) is 0 Å². The monoisotopic (exact) mass is 494 g/mol. The Kier molecular flexibility index (Phi) is 5.65. The van der Waals surface area contributed by atoms with Gasteiger partial charge >= 0.3 is 12.0 Å². The number of carbonyl (C=O) groups excluding carboxylic acids is 2. The normalized spacial score (nSPS) is 10.2. The number of amides is 2. The number of nitrogens with one attached hydrogen (secondary N) is 1. The second-order valence-corrected chi connectivity index (χ2v) is 6.49. The van der Waals surface area contributed by atoms with E-state index in [1.807, 2.05) is 0 Å². The van der Waals surface area contributed by atoms with Crippen LogP contribution in [-0.2, 0) is 4.84 Å². The summed E-state index contributed by atoms with van der Waals surface area (Å²) in [5.41, 5.74) is 0.372. The molecule has 116 valence electrons. The number of halogens is 3. The topological polar surface area (TPSA) is 71.8 Å². The maximum atomic E-state index is 12.6. The van der Waals surface area contributed by atoms with Gasteiger partial charge < -0.3 is 14.6 Å². The van der Waals surface area contributed by atoms with Crippen LogP contribution in [0.25, 0.3) is 0 Å². The third kappa shape index (κ3) is 3.71. The first-order valence-corrected chi connectivity index (χ1v) is 8.24. The highest BCUT2D eigenvalue weighted by Gasteiger charge is 2.28. The lowest BCUT2D eigenvalue weighted by Crippen LogP contribution is -2.36. The van der Waals surface area contributed by atoms with E-state index in [1.54, 1.807) is 24.3 Å². The quantitative estimate of drug-likeness (QED) is 0.622. The molecule has 2 rings (SSSR count). The number of hydrogen-bond donors (Lipinski definition) is 1. The van der Waals surface area contributed by atoms with Crippen molar-refractivity contribution in [2.45, 2.75) is 0 Å². The van der Waals surface area contributed by atoms with Gasteiger partial charge in [-0.1, -0.05) is 15.9 Å². The molecule has 2 amide bonds. The first-order valence-electron chi connectivity index (χ1n) is 5.86. The van der Waals surface area contributed by atoms with Crippen molar-refractivity contribution in [2.24, 2.45) is 0 Å². The van der Waals surface area contributed by atoms with Crippen LogP contribution in [0, 0.1) is 0 Å². The Bertz CT molecular complexity index is 700. The van der Waals surface area contributed by atoms with Gasteiger partial charge in [0.25, 0.3) is 0 Å². The van der Waals surface area contributed by atoms with Crippen molar-refractivity contribution < 1.29 is 18.8 Å². The van der Waals surface area contributed by atoms with Crippen LogP contribution < -0.4 is 10.4 Å². The molecule has 6 nitrogen and oxygen atoms in total. The lowest BCUT2D eigenvalue weighted by Gasteiger charge is -2.20. The average molecular weight is 497 g/mol. The highest BCUT2D eigenvalue weighted by atomic mass is 79.9. The van der Waals surface area contributed by atoms with Crippen molar-refractivity contribution in [1.82, 2.24) is 5.32 Å². The Morgan fingerprint density at radius 2 is 1.82 bits per heavy atom. The number of anilines is 1. The molecule has 0 bridgehead atoms. The molecule has 0 fully saturated rings. The summed E-state index contributed by atoms with van der Waals surface area (Å²) < 4.78 is 7.02. The predicted molar refractivity (Wildman–Crippen MR) is 90.6 cm³/mol. The summed E-state index contributed by atoms with van der Waals surface area (Å²) in [6, 6.07) is 6.68. The molecular weight excluding hydrogens is 488 g/mol. The van der Waals surface area contributed by atoms with Crippen LogP contribution in [0.3, 0.4) is 0 Å². The predicted octanol–water partition coefficient (Wildman–Crippen LogP) is 4.48. The van der Waals surface area contributed by atoms with Gasteiger partial charge in [0.05, 0.1) is 14.6 Å². The molecule has 0 saturated heterocycles. The van der Waals surface area contributed by atoms with Crippen LogP contribution >= 0.6 is 47.8 Å². The molecule has 1 heterocycles. The van der Waals surface area contributed by atoms with Gasteiger partial charge in [0.2, 0.25) is 5.76 Å². The minimum absolute atomic E-state index is 0.00121. The van der Waals surface area contributed by atoms with E-state index in [9.17, 15) is 9.59 Å². The Labute approximate surface area is 151 Å². The number of hydrogen-bond acceptors (Lipinski definition) is 4. The Morgan fingerprint density at radius 3 is 2.32 bits per heavy atom. The standard InChI is InChI=1S/C13H9Br3N2O4/c1-17-13(20)22-18(8-4-2-7(14)3-5-8)12(19)11-10(16)9(15)6-21-11/h2-6H,1H3,(H,17,20). The Morgan fingerprint density at radius 1 is 1.18 bits per heavy atom. The van der Waals surface area contributed by atoms with Crippen molar-refractivity contribution >= 4 is 65.5 Å². The fourth-order valence-corrected chi connectivity index (χ4v) is 2.37. The highest BCUT2D eigenvalue weighted by molar-refractivity contribution is 9.13. The first kappa shape index (κ1) is 17.0. The molecule has 22 heavy (non-hydrogen) atoms. The third-order valence-corrected chi connectivity index (χ3v) is 4.94. The number of furan rings is 1. The summed E-state index contributed by atoms with van der Waals surface area (Å²) in [5.74, 6) is -0.637. The number of carbonyl (C=O) groups is 2.